The Hall–Kier alpha value is -3.06. The molecule has 0 bridgehead atoms. The molecule has 1 N–H and O–H groups in total. The summed E-state index contributed by atoms with van der Waals surface area (Å²) in [7, 11) is 0. The van der Waals surface area contributed by atoms with E-state index in [4.69, 9.17) is 4.98 Å². The van der Waals surface area contributed by atoms with Crippen molar-refractivity contribution in [2.45, 2.75) is 18.9 Å². The normalized spacial score (nSPS) is 15.9. The topological polar surface area (TPSA) is 71.7 Å². The Bertz CT molecular complexity index is 1100. The van der Waals surface area contributed by atoms with Crippen molar-refractivity contribution in [2.75, 3.05) is 5.32 Å². The molecule has 1 atom stereocenters. The van der Waals surface area contributed by atoms with Gasteiger partial charge in [-0.2, -0.15) is 4.91 Å². The Morgan fingerprint density at radius 2 is 2.27 bits per heavy atom. The first-order valence-corrected chi connectivity index (χ1v) is 9.30. The van der Waals surface area contributed by atoms with Crippen LogP contribution in [-0.4, -0.2) is 14.4 Å². The van der Waals surface area contributed by atoms with Gasteiger partial charge in [0, 0.05) is 18.1 Å². The van der Waals surface area contributed by atoms with Crippen LogP contribution in [-0.2, 0) is 6.42 Å². The number of imidazole rings is 1. The number of thiophene rings is 1. The van der Waals surface area contributed by atoms with E-state index >= 15 is 0 Å². The van der Waals surface area contributed by atoms with Gasteiger partial charge < -0.3 is 5.32 Å². The first-order chi connectivity index (χ1) is 12.8. The molecule has 3 aromatic heterocycles. The average Bonchev–Trinajstić information content (AvgIpc) is 3.40. The number of hydrogen-bond acceptors (Lipinski definition) is 6. The van der Waals surface area contributed by atoms with E-state index in [0.717, 1.165) is 46.1 Å². The van der Waals surface area contributed by atoms with Crippen LogP contribution >= 0.6 is 11.3 Å². The van der Waals surface area contributed by atoms with Crippen molar-refractivity contribution < 1.29 is 0 Å². The summed E-state index contributed by atoms with van der Waals surface area (Å²) in [5, 5.41) is 8.79. The van der Waals surface area contributed by atoms with Crippen LogP contribution in [0.5, 0.6) is 0 Å². The smallest absolute Gasteiger partial charge is 0.157 e. The van der Waals surface area contributed by atoms with E-state index < -0.39 is 0 Å². The summed E-state index contributed by atoms with van der Waals surface area (Å²) in [6.07, 6.45) is 7.09. The highest BCUT2D eigenvalue weighted by Crippen LogP contribution is 2.37. The molecule has 5 rings (SSSR count). The molecular formula is C19H15N5OS. The first-order valence-electron chi connectivity index (χ1n) is 8.42. The molecule has 0 radical (unpaired) electrons. The minimum atomic E-state index is -0.206. The van der Waals surface area contributed by atoms with Crippen molar-refractivity contribution >= 4 is 28.5 Å². The summed E-state index contributed by atoms with van der Waals surface area (Å²) in [5.41, 5.74) is 4.91. The molecule has 0 saturated heterocycles. The zero-order valence-corrected chi connectivity index (χ0v) is 14.6. The summed E-state index contributed by atoms with van der Waals surface area (Å²) in [6.45, 7) is 0. The van der Waals surface area contributed by atoms with Gasteiger partial charge in [-0.25, -0.2) is 4.98 Å². The van der Waals surface area contributed by atoms with Gasteiger partial charge in [0.1, 0.15) is 17.6 Å². The van der Waals surface area contributed by atoms with E-state index in [1.54, 1.807) is 23.7 Å². The fourth-order valence-corrected chi connectivity index (χ4v) is 4.25. The lowest BCUT2D eigenvalue weighted by Gasteiger charge is -2.10. The standard InChI is InChI=1S/C19H15N5OS/c25-23-15-6-3-12-10-13(4-5-14(12)15)21-19-18(16-2-1-9-26-16)22-17-11-20-7-8-24(17)19/h1-2,4-5,7-11,15,21H,3,6H2. The number of rotatable bonds is 4. The molecule has 7 heteroatoms. The molecule has 0 amide bonds. The molecule has 0 fully saturated rings. The zero-order valence-electron chi connectivity index (χ0n) is 13.8. The number of nitrogens with zero attached hydrogens (tertiary/aromatic N) is 4. The summed E-state index contributed by atoms with van der Waals surface area (Å²) in [5.74, 6) is 0.910. The maximum absolute atomic E-state index is 11.0. The van der Waals surface area contributed by atoms with Crippen LogP contribution < -0.4 is 5.32 Å². The molecule has 1 unspecified atom stereocenters. The number of nitroso groups, excluding NO2 is 1. The Morgan fingerprint density at radius 3 is 3.12 bits per heavy atom. The number of aromatic nitrogens is 3. The van der Waals surface area contributed by atoms with E-state index in [2.05, 4.69) is 27.6 Å². The van der Waals surface area contributed by atoms with Gasteiger partial charge in [-0.05, 0) is 47.5 Å². The molecule has 1 aliphatic rings. The lowest BCUT2D eigenvalue weighted by Crippen LogP contribution is -1.98. The second kappa shape index (κ2) is 6.03. The highest BCUT2D eigenvalue weighted by molar-refractivity contribution is 7.13. The van der Waals surface area contributed by atoms with Gasteiger partial charge >= 0.3 is 0 Å². The largest absolute Gasteiger partial charge is 0.339 e. The Labute approximate surface area is 153 Å². The van der Waals surface area contributed by atoms with Crippen molar-refractivity contribution in [2.24, 2.45) is 5.18 Å². The number of nitrogens with one attached hydrogen (secondary N) is 1. The van der Waals surface area contributed by atoms with E-state index in [9.17, 15) is 4.91 Å². The van der Waals surface area contributed by atoms with Crippen molar-refractivity contribution in [3.05, 3.63) is 70.3 Å². The molecule has 0 aliphatic heterocycles. The van der Waals surface area contributed by atoms with Crippen LogP contribution in [0.2, 0.25) is 0 Å². The fourth-order valence-electron chi connectivity index (χ4n) is 3.53. The second-order valence-corrected chi connectivity index (χ2v) is 7.24. The van der Waals surface area contributed by atoms with Crippen LogP contribution in [0.4, 0.5) is 11.5 Å². The van der Waals surface area contributed by atoms with Crippen LogP contribution in [0.15, 0.2) is 59.5 Å². The second-order valence-electron chi connectivity index (χ2n) is 6.29. The lowest BCUT2D eigenvalue weighted by molar-refractivity contribution is 0.710. The summed E-state index contributed by atoms with van der Waals surface area (Å²) in [4.78, 5) is 21.0. The summed E-state index contributed by atoms with van der Waals surface area (Å²) in [6, 6.07) is 10.00. The average molecular weight is 361 g/mol. The van der Waals surface area contributed by atoms with Gasteiger partial charge in [0.05, 0.1) is 11.1 Å². The van der Waals surface area contributed by atoms with E-state index in [0.29, 0.717) is 0 Å². The fraction of sp³-hybridized carbons (Fsp3) is 0.158. The third-order valence-corrected chi connectivity index (χ3v) is 5.64. The van der Waals surface area contributed by atoms with Crippen molar-refractivity contribution in [3.63, 3.8) is 0 Å². The van der Waals surface area contributed by atoms with Gasteiger partial charge in [0.15, 0.2) is 5.65 Å². The van der Waals surface area contributed by atoms with Crippen LogP contribution in [0.1, 0.15) is 23.6 Å². The van der Waals surface area contributed by atoms with Crippen molar-refractivity contribution in [1.29, 1.82) is 0 Å². The summed E-state index contributed by atoms with van der Waals surface area (Å²) < 4.78 is 2.01. The SMILES string of the molecule is O=NC1CCc2cc(Nc3c(-c4cccs4)nc4cnccn34)ccc21. The van der Waals surface area contributed by atoms with Gasteiger partial charge in [0.25, 0.3) is 0 Å². The minimum absolute atomic E-state index is 0.206. The number of anilines is 2. The predicted molar refractivity (Wildman–Crippen MR) is 103 cm³/mol. The van der Waals surface area contributed by atoms with Gasteiger partial charge in [0.2, 0.25) is 0 Å². The summed E-state index contributed by atoms with van der Waals surface area (Å²) >= 11 is 1.66. The first kappa shape index (κ1) is 15.2. The molecule has 0 spiro atoms. The van der Waals surface area contributed by atoms with Crippen LogP contribution in [0.3, 0.4) is 0 Å². The molecule has 0 saturated carbocycles. The van der Waals surface area contributed by atoms with Crippen LogP contribution in [0.25, 0.3) is 16.2 Å². The third kappa shape index (κ3) is 2.40. The predicted octanol–water partition coefficient (Wildman–Crippen LogP) is 4.96. The maximum atomic E-state index is 11.0. The Balaban J connectivity index is 1.60. The molecule has 26 heavy (non-hydrogen) atoms. The van der Waals surface area contributed by atoms with Gasteiger partial charge in [-0.3, -0.25) is 9.38 Å². The monoisotopic (exact) mass is 361 g/mol. The highest BCUT2D eigenvalue weighted by Gasteiger charge is 2.23. The van der Waals surface area contributed by atoms with Crippen molar-refractivity contribution in [1.82, 2.24) is 14.4 Å². The lowest BCUT2D eigenvalue weighted by atomic mass is 10.1. The van der Waals surface area contributed by atoms with Crippen molar-refractivity contribution in [3.8, 4) is 10.6 Å². The zero-order chi connectivity index (χ0) is 17.5. The molecule has 1 aromatic carbocycles. The van der Waals surface area contributed by atoms with Gasteiger partial charge in [-0.15, -0.1) is 11.3 Å². The molecular weight excluding hydrogens is 346 g/mol. The molecule has 4 aromatic rings. The quantitative estimate of drug-likeness (QED) is 0.522. The maximum Gasteiger partial charge on any atom is 0.157 e. The van der Waals surface area contributed by atoms with Gasteiger partial charge in [-0.1, -0.05) is 17.3 Å². The molecule has 1 aliphatic carbocycles. The number of aryl methyl sites for hydroxylation is 1. The number of benzene rings is 1. The third-order valence-electron chi connectivity index (χ3n) is 4.76. The molecule has 6 nitrogen and oxygen atoms in total. The minimum Gasteiger partial charge on any atom is -0.339 e. The molecule has 3 heterocycles. The van der Waals surface area contributed by atoms with E-state index in [-0.39, 0.29) is 6.04 Å². The Kier molecular flexibility index (Phi) is 3.53. The van der Waals surface area contributed by atoms with E-state index in [1.807, 2.05) is 34.2 Å². The Morgan fingerprint density at radius 1 is 1.31 bits per heavy atom. The number of fused-ring (bicyclic) bond motifs is 2. The van der Waals surface area contributed by atoms with Crippen LogP contribution in [0, 0.1) is 4.91 Å². The molecule has 128 valence electrons. The highest BCUT2D eigenvalue weighted by atomic mass is 32.1. The van der Waals surface area contributed by atoms with E-state index in [1.165, 1.54) is 5.56 Å². The number of hydrogen-bond donors (Lipinski definition) is 1.